The molecule has 0 aromatic heterocycles. The van der Waals surface area contributed by atoms with Crippen LogP contribution in [0.15, 0.2) is 42.5 Å². The molecular weight excluding hydrogens is 293 g/mol. The van der Waals surface area contributed by atoms with Gasteiger partial charge in [0.05, 0.1) is 23.7 Å². The Hall–Kier alpha value is -2.07. The van der Waals surface area contributed by atoms with Crippen LogP contribution in [0.3, 0.4) is 0 Å². The predicted octanol–water partition coefficient (Wildman–Crippen LogP) is 4.20. The van der Waals surface area contributed by atoms with Crippen LogP contribution < -0.4 is 10.1 Å². The van der Waals surface area contributed by atoms with E-state index in [1.807, 2.05) is 13.0 Å². The quantitative estimate of drug-likeness (QED) is 0.899. The fraction of sp³-hybridized carbons (Fsp3) is 0.188. The van der Waals surface area contributed by atoms with Crippen molar-refractivity contribution in [2.75, 3.05) is 11.9 Å². The third-order valence-electron chi connectivity index (χ3n) is 2.82. The number of para-hydroxylation sites is 1. The number of benzene rings is 2. The van der Waals surface area contributed by atoms with E-state index < -0.39 is 5.82 Å². The number of hydrogen-bond donors (Lipinski definition) is 1. The Labute approximate surface area is 127 Å². The summed E-state index contributed by atoms with van der Waals surface area (Å²) >= 11 is 6.03. The highest BCUT2D eigenvalue weighted by atomic mass is 35.5. The van der Waals surface area contributed by atoms with Gasteiger partial charge in [0.1, 0.15) is 0 Å². The van der Waals surface area contributed by atoms with E-state index in [-0.39, 0.29) is 24.7 Å². The van der Waals surface area contributed by atoms with Crippen LogP contribution in [0.4, 0.5) is 10.1 Å². The van der Waals surface area contributed by atoms with Crippen LogP contribution in [0.25, 0.3) is 0 Å². The summed E-state index contributed by atoms with van der Waals surface area (Å²) in [6.07, 6.45) is 0.110. The lowest BCUT2D eigenvalue weighted by Gasteiger charge is -2.09. The van der Waals surface area contributed by atoms with Gasteiger partial charge in [0.15, 0.2) is 11.6 Å². The van der Waals surface area contributed by atoms with Gasteiger partial charge in [0, 0.05) is 0 Å². The standard InChI is InChI=1S/C16H15ClFNO2/c1-11-6-7-14(12(17)10-11)19-16(20)8-9-21-15-5-3-2-4-13(15)18/h2-7,10H,8-9H2,1H3,(H,19,20). The average molecular weight is 308 g/mol. The van der Waals surface area contributed by atoms with Gasteiger partial charge in [-0.05, 0) is 36.8 Å². The molecule has 0 unspecified atom stereocenters. The van der Waals surface area contributed by atoms with Crippen molar-refractivity contribution in [1.29, 1.82) is 0 Å². The summed E-state index contributed by atoms with van der Waals surface area (Å²) in [6.45, 7) is 2.01. The summed E-state index contributed by atoms with van der Waals surface area (Å²) in [5.74, 6) is -0.546. The minimum Gasteiger partial charge on any atom is -0.490 e. The van der Waals surface area contributed by atoms with E-state index in [0.717, 1.165) is 5.56 Å². The van der Waals surface area contributed by atoms with Crippen molar-refractivity contribution in [3.05, 3.63) is 58.9 Å². The number of anilines is 1. The first kappa shape index (κ1) is 15.3. The maximum atomic E-state index is 13.3. The van der Waals surface area contributed by atoms with Gasteiger partial charge in [-0.25, -0.2) is 4.39 Å². The molecule has 0 fully saturated rings. The number of nitrogens with one attached hydrogen (secondary N) is 1. The lowest BCUT2D eigenvalue weighted by Crippen LogP contribution is -2.15. The number of aryl methyl sites for hydroxylation is 1. The minimum absolute atomic E-state index is 0.0935. The number of rotatable bonds is 5. The summed E-state index contributed by atoms with van der Waals surface area (Å²) in [6, 6.07) is 11.4. The number of amides is 1. The number of hydrogen-bond acceptors (Lipinski definition) is 2. The largest absolute Gasteiger partial charge is 0.490 e. The zero-order chi connectivity index (χ0) is 15.2. The molecule has 0 radical (unpaired) electrons. The van der Waals surface area contributed by atoms with E-state index in [2.05, 4.69) is 5.32 Å². The van der Waals surface area contributed by atoms with E-state index >= 15 is 0 Å². The average Bonchev–Trinajstić information content (AvgIpc) is 2.44. The highest BCUT2D eigenvalue weighted by Crippen LogP contribution is 2.22. The molecule has 1 amide bonds. The van der Waals surface area contributed by atoms with Crippen molar-refractivity contribution in [3.8, 4) is 5.75 Å². The Kier molecular flexibility index (Phi) is 5.17. The molecule has 3 nitrogen and oxygen atoms in total. The van der Waals surface area contributed by atoms with Gasteiger partial charge in [0.2, 0.25) is 5.91 Å². The minimum atomic E-state index is -0.445. The second-order valence-electron chi connectivity index (χ2n) is 4.56. The third kappa shape index (κ3) is 4.46. The van der Waals surface area contributed by atoms with E-state index in [1.54, 1.807) is 24.3 Å². The molecule has 0 aliphatic carbocycles. The summed E-state index contributed by atoms with van der Waals surface area (Å²) in [7, 11) is 0. The van der Waals surface area contributed by atoms with Crippen molar-refractivity contribution in [2.45, 2.75) is 13.3 Å². The zero-order valence-corrected chi connectivity index (χ0v) is 12.3. The molecule has 2 aromatic rings. The van der Waals surface area contributed by atoms with E-state index in [1.165, 1.54) is 12.1 Å². The second kappa shape index (κ2) is 7.09. The van der Waals surface area contributed by atoms with Crippen LogP contribution in [0.1, 0.15) is 12.0 Å². The number of ether oxygens (including phenoxy) is 1. The van der Waals surface area contributed by atoms with Crippen LogP contribution >= 0.6 is 11.6 Å². The third-order valence-corrected chi connectivity index (χ3v) is 3.13. The van der Waals surface area contributed by atoms with Gasteiger partial charge in [0.25, 0.3) is 0 Å². The van der Waals surface area contributed by atoms with Crippen molar-refractivity contribution in [1.82, 2.24) is 0 Å². The first-order valence-electron chi connectivity index (χ1n) is 6.49. The van der Waals surface area contributed by atoms with Crippen molar-refractivity contribution >= 4 is 23.2 Å². The zero-order valence-electron chi connectivity index (χ0n) is 11.5. The summed E-state index contributed by atoms with van der Waals surface area (Å²) < 4.78 is 18.5. The Bertz CT molecular complexity index is 646. The second-order valence-corrected chi connectivity index (χ2v) is 4.97. The molecule has 0 bridgehead atoms. The molecule has 2 rings (SSSR count). The Morgan fingerprint density at radius 2 is 2.05 bits per heavy atom. The lowest BCUT2D eigenvalue weighted by molar-refractivity contribution is -0.116. The molecule has 0 saturated carbocycles. The van der Waals surface area contributed by atoms with Gasteiger partial charge < -0.3 is 10.1 Å². The number of halogens is 2. The number of carbonyl (C=O) groups excluding carboxylic acids is 1. The van der Waals surface area contributed by atoms with Crippen LogP contribution in [0, 0.1) is 12.7 Å². The normalized spacial score (nSPS) is 10.2. The Balaban J connectivity index is 1.84. The van der Waals surface area contributed by atoms with Gasteiger partial charge >= 0.3 is 0 Å². The topological polar surface area (TPSA) is 38.3 Å². The van der Waals surface area contributed by atoms with Crippen LogP contribution in [0.2, 0.25) is 5.02 Å². The fourth-order valence-corrected chi connectivity index (χ4v) is 2.03. The number of carbonyl (C=O) groups is 1. The summed E-state index contributed by atoms with van der Waals surface area (Å²) in [5.41, 5.74) is 1.57. The van der Waals surface area contributed by atoms with Crippen molar-refractivity contribution < 1.29 is 13.9 Å². The van der Waals surface area contributed by atoms with E-state index in [4.69, 9.17) is 16.3 Å². The molecule has 0 aliphatic rings. The molecule has 0 aliphatic heterocycles. The van der Waals surface area contributed by atoms with Gasteiger partial charge in [-0.3, -0.25) is 4.79 Å². The van der Waals surface area contributed by atoms with Gasteiger partial charge in [-0.2, -0.15) is 0 Å². The highest BCUT2D eigenvalue weighted by Gasteiger charge is 2.07. The molecular formula is C16H15ClFNO2. The monoisotopic (exact) mass is 307 g/mol. The lowest BCUT2D eigenvalue weighted by atomic mass is 10.2. The first-order valence-corrected chi connectivity index (χ1v) is 6.87. The Morgan fingerprint density at radius 3 is 2.76 bits per heavy atom. The fourth-order valence-electron chi connectivity index (χ4n) is 1.75. The molecule has 2 aromatic carbocycles. The van der Waals surface area contributed by atoms with Crippen molar-refractivity contribution in [3.63, 3.8) is 0 Å². The van der Waals surface area contributed by atoms with Crippen LogP contribution in [-0.2, 0) is 4.79 Å². The molecule has 110 valence electrons. The molecule has 0 spiro atoms. The predicted molar refractivity (Wildman–Crippen MR) is 81.3 cm³/mol. The van der Waals surface area contributed by atoms with Crippen molar-refractivity contribution in [2.24, 2.45) is 0 Å². The maximum absolute atomic E-state index is 13.3. The SMILES string of the molecule is Cc1ccc(NC(=O)CCOc2ccccc2F)c(Cl)c1. The summed E-state index contributed by atoms with van der Waals surface area (Å²) in [4.78, 5) is 11.8. The van der Waals surface area contributed by atoms with E-state index in [0.29, 0.717) is 10.7 Å². The molecule has 1 N–H and O–H groups in total. The molecule has 5 heteroatoms. The van der Waals surface area contributed by atoms with Gasteiger partial charge in [-0.15, -0.1) is 0 Å². The maximum Gasteiger partial charge on any atom is 0.227 e. The van der Waals surface area contributed by atoms with E-state index in [9.17, 15) is 9.18 Å². The highest BCUT2D eigenvalue weighted by molar-refractivity contribution is 6.33. The van der Waals surface area contributed by atoms with Gasteiger partial charge in [-0.1, -0.05) is 29.8 Å². The smallest absolute Gasteiger partial charge is 0.227 e. The molecule has 0 atom stereocenters. The van der Waals surface area contributed by atoms with Crippen LogP contribution in [-0.4, -0.2) is 12.5 Å². The first-order chi connectivity index (χ1) is 10.1. The molecule has 0 heterocycles. The molecule has 21 heavy (non-hydrogen) atoms. The Morgan fingerprint density at radius 1 is 1.29 bits per heavy atom. The molecule has 0 saturated heterocycles. The van der Waals surface area contributed by atoms with Crippen LogP contribution in [0.5, 0.6) is 5.75 Å². The summed E-state index contributed by atoms with van der Waals surface area (Å²) in [5, 5.41) is 3.18.